The van der Waals surface area contributed by atoms with Crippen LogP contribution in [0.15, 0.2) is 48.7 Å². The van der Waals surface area contributed by atoms with Crippen molar-refractivity contribution in [3.63, 3.8) is 0 Å². The van der Waals surface area contributed by atoms with E-state index in [2.05, 4.69) is 17.4 Å². The number of amides is 2. The first-order valence-electron chi connectivity index (χ1n) is 13.0. The van der Waals surface area contributed by atoms with Gasteiger partial charge in [0, 0.05) is 43.8 Å². The number of nitrogens with zero attached hydrogens (tertiary/aromatic N) is 2. The lowest BCUT2D eigenvalue weighted by atomic mass is 9.88. The van der Waals surface area contributed by atoms with Crippen molar-refractivity contribution in [3.8, 4) is 0 Å². The fourth-order valence-electron chi connectivity index (χ4n) is 4.97. The number of aryl methyl sites for hydroxylation is 1. The number of ether oxygens (including phenoxy) is 1. The van der Waals surface area contributed by atoms with E-state index in [-0.39, 0.29) is 5.91 Å². The summed E-state index contributed by atoms with van der Waals surface area (Å²) in [5.74, 6) is 0.435. The van der Waals surface area contributed by atoms with E-state index in [0.717, 1.165) is 40.1 Å². The third kappa shape index (κ3) is 6.43. The van der Waals surface area contributed by atoms with Gasteiger partial charge < -0.3 is 24.3 Å². The van der Waals surface area contributed by atoms with Crippen LogP contribution in [0.3, 0.4) is 0 Å². The zero-order valence-corrected chi connectivity index (χ0v) is 23.8. The van der Waals surface area contributed by atoms with Gasteiger partial charge in [0.05, 0.1) is 5.56 Å². The number of carbonyl (C=O) groups is 2. The van der Waals surface area contributed by atoms with E-state index in [1.807, 2.05) is 86.9 Å². The van der Waals surface area contributed by atoms with E-state index < -0.39 is 20.0 Å². The van der Waals surface area contributed by atoms with Crippen molar-refractivity contribution in [2.45, 2.75) is 64.8 Å². The normalized spacial score (nSPS) is 15.2. The molecule has 1 saturated heterocycles. The molecule has 0 aliphatic carbocycles. The molecule has 1 aromatic heterocycles. The zero-order valence-electron chi connectivity index (χ0n) is 22.8. The lowest BCUT2D eigenvalue weighted by Gasteiger charge is -2.32. The number of alkyl carbamates (subject to hydrolysis) is 1. The minimum atomic E-state index is -2.42. The first kappa shape index (κ1) is 26.9. The Bertz CT molecular complexity index is 1290. The summed E-state index contributed by atoms with van der Waals surface area (Å²) in [5.41, 5.74) is 3.44. The number of piperidine rings is 1. The molecule has 8 heteroatoms. The number of nitrogens with one attached hydrogen (secondary N) is 1. The summed E-state index contributed by atoms with van der Waals surface area (Å²) in [6.45, 7) is 11.2. The highest BCUT2D eigenvalue weighted by Gasteiger charge is 2.28. The summed E-state index contributed by atoms with van der Waals surface area (Å²) < 4.78 is 7.31. The van der Waals surface area contributed by atoms with Crippen LogP contribution in [-0.2, 0) is 18.3 Å². The summed E-state index contributed by atoms with van der Waals surface area (Å²) in [5, 5.41) is 4.72. The smallest absolute Gasteiger partial charge is 0.407 e. The number of benzene rings is 2. The number of carbonyl (C=O) groups excluding carboxylic acids is 2. The molecule has 0 spiro atoms. The molecule has 7 nitrogen and oxygen atoms in total. The number of hydrogen-bond acceptors (Lipinski definition) is 4. The van der Waals surface area contributed by atoms with Crippen LogP contribution in [0.5, 0.6) is 0 Å². The predicted octanol–water partition coefficient (Wildman–Crippen LogP) is 4.63. The minimum Gasteiger partial charge on any atom is -0.444 e. The highest BCUT2D eigenvalue weighted by Crippen LogP contribution is 2.30. The van der Waals surface area contributed by atoms with Gasteiger partial charge in [-0.25, -0.2) is 4.79 Å². The van der Waals surface area contributed by atoms with Crippen molar-refractivity contribution in [1.82, 2.24) is 14.8 Å². The Morgan fingerprint density at radius 3 is 2.46 bits per heavy atom. The number of aromatic nitrogens is 1. The first-order chi connectivity index (χ1) is 17.3. The highest BCUT2D eigenvalue weighted by atomic mass is 28.4. The van der Waals surface area contributed by atoms with Gasteiger partial charge in [0.25, 0.3) is 5.91 Å². The standard InChI is InChI=1S/C29H39N3O4Si/c1-29(2,3)36-28(34)30-18-20-8-7-9-22(16-20)21-12-14-32(15-13-21)27(33)25-19-31(4)26-17-23(37(5,6)35)10-11-24(25)26/h7-11,16-17,19,21,35H,12-15,18H2,1-6H3,(H,30,34). The second-order valence-electron chi connectivity index (χ2n) is 11.6. The van der Waals surface area contributed by atoms with Gasteiger partial charge in [-0.05, 0) is 75.0 Å². The first-order valence-corrected chi connectivity index (χ1v) is 15.9. The van der Waals surface area contributed by atoms with Crippen LogP contribution < -0.4 is 10.5 Å². The molecule has 2 heterocycles. The number of fused-ring (bicyclic) bond motifs is 1. The van der Waals surface area contributed by atoms with E-state index in [1.165, 1.54) is 5.56 Å². The molecule has 1 aliphatic rings. The van der Waals surface area contributed by atoms with E-state index >= 15 is 0 Å². The monoisotopic (exact) mass is 521 g/mol. The molecule has 4 rings (SSSR count). The Kier molecular flexibility index (Phi) is 7.53. The predicted molar refractivity (Wildman–Crippen MR) is 150 cm³/mol. The van der Waals surface area contributed by atoms with Gasteiger partial charge in [-0.1, -0.05) is 36.4 Å². The summed E-state index contributed by atoms with van der Waals surface area (Å²) in [6.07, 6.45) is 3.29. The average molecular weight is 522 g/mol. The fourth-order valence-corrected chi connectivity index (χ4v) is 5.95. The maximum atomic E-state index is 13.5. The van der Waals surface area contributed by atoms with Crippen molar-refractivity contribution >= 4 is 36.4 Å². The molecule has 2 amide bonds. The molecule has 0 unspecified atom stereocenters. The zero-order chi connectivity index (χ0) is 27.0. The van der Waals surface area contributed by atoms with Crippen molar-refractivity contribution in [2.75, 3.05) is 13.1 Å². The van der Waals surface area contributed by atoms with Crippen LogP contribution in [0, 0.1) is 0 Å². The largest absolute Gasteiger partial charge is 0.444 e. The third-order valence-corrected chi connectivity index (χ3v) is 8.69. The lowest BCUT2D eigenvalue weighted by Crippen LogP contribution is -2.41. The van der Waals surface area contributed by atoms with Gasteiger partial charge in [0.2, 0.25) is 8.32 Å². The maximum absolute atomic E-state index is 13.5. The van der Waals surface area contributed by atoms with Gasteiger partial charge in [0.15, 0.2) is 0 Å². The molecule has 3 aromatic rings. The molecule has 0 radical (unpaired) electrons. The lowest BCUT2D eigenvalue weighted by molar-refractivity contribution is 0.0523. The van der Waals surface area contributed by atoms with E-state index in [4.69, 9.17) is 4.74 Å². The summed E-state index contributed by atoms with van der Waals surface area (Å²) in [6, 6.07) is 14.3. The summed E-state index contributed by atoms with van der Waals surface area (Å²) in [7, 11) is -0.474. The Labute approximate surface area is 220 Å². The van der Waals surface area contributed by atoms with Gasteiger partial charge in [0.1, 0.15) is 5.60 Å². The maximum Gasteiger partial charge on any atom is 0.407 e. The summed E-state index contributed by atoms with van der Waals surface area (Å²) >= 11 is 0. The fraction of sp³-hybridized carbons (Fsp3) is 0.448. The van der Waals surface area contributed by atoms with Crippen LogP contribution in [0.2, 0.25) is 13.1 Å². The van der Waals surface area contributed by atoms with Crippen LogP contribution in [0.4, 0.5) is 4.79 Å². The topological polar surface area (TPSA) is 83.8 Å². The molecule has 2 aromatic carbocycles. The van der Waals surface area contributed by atoms with Crippen LogP contribution in [0.1, 0.15) is 61.0 Å². The molecule has 0 saturated carbocycles. The molecule has 0 atom stereocenters. The number of rotatable bonds is 5. The molecular formula is C29H39N3O4Si. The Balaban J connectivity index is 1.39. The Hall–Kier alpha value is -3.10. The molecule has 198 valence electrons. The van der Waals surface area contributed by atoms with Crippen LogP contribution in [-0.4, -0.2) is 53.3 Å². The Morgan fingerprint density at radius 2 is 1.81 bits per heavy atom. The number of hydrogen-bond donors (Lipinski definition) is 2. The van der Waals surface area contributed by atoms with Gasteiger partial charge in [-0.15, -0.1) is 0 Å². The van der Waals surface area contributed by atoms with Crippen LogP contribution >= 0.6 is 0 Å². The van der Waals surface area contributed by atoms with E-state index in [0.29, 0.717) is 25.6 Å². The SMILES string of the molecule is Cn1cc(C(=O)N2CCC(c3cccc(CNC(=O)OC(C)(C)C)c3)CC2)c2ccc([Si](C)(C)O)cc21. The van der Waals surface area contributed by atoms with Crippen LogP contribution in [0.25, 0.3) is 10.9 Å². The van der Waals surface area contributed by atoms with Crippen molar-refractivity contribution in [1.29, 1.82) is 0 Å². The second-order valence-corrected chi connectivity index (χ2v) is 15.3. The summed E-state index contributed by atoms with van der Waals surface area (Å²) in [4.78, 5) is 37.9. The van der Waals surface area contributed by atoms with E-state index in [1.54, 1.807) is 0 Å². The van der Waals surface area contributed by atoms with Crippen molar-refractivity contribution in [2.24, 2.45) is 7.05 Å². The number of likely N-dealkylation sites (tertiary alicyclic amines) is 1. The molecule has 0 bridgehead atoms. The van der Waals surface area contributed by atoms with Gasteiger partial charge >= 0.3 is 6.09 Å². The molecule has 37 heavy (non-hydrogen) atoms. The van der Waals surface area contributed by atoms with Crippen molar-refractivity contribution < 1.29 is 19.1 Å². The minimum absolute atomic E-state index is 0.0626. The molecular weight excluding hydrogens is 482 g/mol. The molecule has 2 N–H and O–H groups in total. The van der Waals surface area contributed by atoms with Gasteiger partial charge in [-0.2, -0.15) is 0 Å². The quantitative estimate of drug-likeness (QED) is 0.480. The average Bonchev–Trinajstić information content (AvgIpc) is 3.17. The third-order valence-electron chi connectivity index (χ3n) is 6.97. The van der Waals surface area contributed by atoms with E-state index in [9.17, 15) is 14.4 Å². The van der Waals surface area contributed by atoms with Gasteiger partial charge in [-0.3, -0.25) is 4.79 Å². The highest BCUT2D eigenvalue weighted by molar-refractivity contribution is 6.83. The van der Waals surface area contributed by atoms with Crippen molar-refractivity contribution in [3.05, 3.63) is 65.4 Å². The Morgan fingerprint density at radius 1 is 1.11 bits per heavy atom. The second kappa shape index (κ2) is 10.3. The molecule has 1 aliphatic heterocycles. The molecule has 1 fully saturated rings.